The van der Waals surface area contributed by atoms with Gasteiger partial charge >= 0.3 is 0 Å². The van der Waals surface area contributed by atoms with Gasteiger partial charge in [-0.15, -0.1) is 0 Å². The Kier molecular flexibility index (Phi) is 60.1. The largest absolute Gasteiger partial charge is 0.410 e. The van der Waals surface area contributed by atoms with Crippen molar-refractivity contribution >= 4 is 0 Å². The Morgan fingerprint density at radius 3 is 1.18 bits per heavy atom. The molecule has 7 saturated carbocycles. The number of fused-ring (bicyclic) bond motifs is 9. The van der Waals surface area contributed by atoms with E-state index >= 15 is 0 Å². The molecule has 2 aliphatic heterocycles. The molecule has 7 aliphatic carbocycles. The molecule has 4 bridgehead atoms. The molecule has 0 aromatic heterocycles. The maximum absolute atomic E-state index is 5.41. The zero-order valence-electron chi connectivity index (χ0n) is 33.6. The third-order valence-corrected chi connectivity index (χ3v) is 12.5. The first kappa shape index (κ1) is 74.1. The van der Waals surface area contributed by atoms with Crippen LogP contribution in [0.25, 0.3) is 0 Å². The molecule has 7 unspecified atom stereocenters. The van der Waals surface area contributed by atoms with Crippen LogP contribution >= 0.6 is 0 Å². The normalized spacial score (nSPS) is 36.1. The Hall–Kier alpha value is 7.65. The van der Waals surface area contributed by atoms with Gasteiger partial charge in [-0.1, -0.05) is 97.0 Å². The average molecular weight is 1210 g/mol. The summed E-state index contributed by atoms with van der Waals surface area (Å²) >= 11 is 0. The van der Waals surface area contributed by atoms with E-state index in [-0.39, 0.29) is 274 Å². The first-order valence-electron chi connectivity index (χ1n) is 16.8. The van der Waals surface area contributed by atoms with E-state index in [4.69, 9.17) is 9.47 Å². The van der Waals surface area contributed by atoms with Crippen LogP contribution in [0.4, 0.5) is 0 Å². The van der Waals surface area contributed by atoms with Crippen molar-refractivity contribution in [1.29, 1.82) is 0 Å². The van der Waals surface area contributed by atoms with Gasteiger partial charge in [0.15, 0.2) is 0 Å². The smallest absolute Gasteiger partial charge is 0.0570 e. The maximum atomic E-state index is 5.41. The topological polar surface area (TPSA) is 18.5 Å². The summed E-state index contributed by atoms with van der Waals surface area (Å²) in [6.07, 6.45) is 32.5. The second-order valence-electron chi connectivity index (χ2n) is 14.6. The Morgan fingerprint density at radius 1 is 0.429 bits per heavy atom. The van der Waals surface area contributed by atoms with Gasteiger partial charge in [0.05, 0.1) is 6.10 Å². The molecule has 2 nitrogen and oxygen atoms in total. The molecule has 2 saturated heterocycles. The molecule has 7 atom stereocenters. The van der Waals surface area contributed by atoms with Crippen LogP contribution in [0.5, 0.6) is 0 Å². The minimum absolute atomic E-state index is 0. The van der Waals surface area contributed by atoms with Gasteiger partial charge in [0.2, 0.25) is 0 Å². The van der Waals surface area contributed by atoms with Gasteiger partial charge in [-0.3, -0.25) is 6.42 Å². The van der Waals surface area contributed by atoms with Crippen molar-refractivity contribution in [3.05, 3.63) is 51.0 Å². The van der Waals surface area contributed by atoms with Crippen molar-refractivity contribution in [3.8, 4) is 0 Å². The van der Waals surface area contributed by atoms with Crippen LogP contribution in [0, 0.1) is 104 Å². The van der Waals surface area contributed by atoms with Gasteiger partial charge in [0.25, 0.3) is 0 Å². The van der Waals surface area contributed by atoms with E-state index in [0.717, 1.165) is 25.0 Å². The van der Waals surface area contributed by atoms with E-state index in [1.165, 1.54) is 61.2 Å². The van der Waals surface area contributed by atoms with E-state index in [0.29, 0.717) is 18.1 Å². The molecule has 0 aromatic carbocycles. The van der Waals surface area contributed by atoms with E-state index < -0.39 is 0 Å². The van der Waals surface area contributed by atoms with Crippen LogP contribution in [0.2, 0.25) is 0 Å². The number of ether oxygens (including phenoxy) is 2. The third kappa shape index (κ3) is 21.8. The second kappa shape index (κ2) is 39.8. The van der Waals surface area contributed by atoms with Gasteiger partial charge in [0, 0.05) is 241 Å². The zero-order valence-corrected chi connectivity index (χ0v) is 53.5. The molecule has 9 fully saturated rings. The van der Waals surface area contributed by atoms with Crippen LogP contribution in [-0.4, -0.2) is 25.4 Å². The quantitative estimate of drug-likeness (QED) is 0.225. The van der Waals surface area contributed by atoms with Crippen LogP contribution in [0.3, 0.4) is 0 Å². The number of hydrogen-bond donors (Lipinski definition) is 0. The summed E-state index contributed by atoms with van der Waals surface area (Å²) in [5, 5.41) is 0. The Morgan fingerprint density at radius 2 is 0.837 bits per heavy atom. The number of hydrogen-bond acceptors (Lipinski definition) is 2. The SMILES string of the molecule is C1CC2C3CCC(C3)C2C1.C1CC2CCC1C2.C1CCC2CCCCC2C1.CC1COC2[CH-]COC12.[CH3-].[CH3-].[CH3-].[CH3-].[CH3-].[CH3-].[Y].[Y].[Y].[Y].[Y].[Y].[Y]. The second-order valence-corrected chi connectivity index (χ2v) is 14.6. The van der Waals surface area contributed by atoms with Crippen LogP contribution in [-0.2, 0) is 238 Å². The summed E-state index contributed by atoms with van der Waals surface area (Å²) in [5.74, 6) is 10.0. The standard InChI is InChI=1S/C10H16.C10H18.C7H11O2.C7H12.6CH3.7Y/c1-2-9-7-4-5-8(6-7)10(9)3-1;1-2-6-10-8-4-3-7-9(10)5-1;1-5-4-9-6-2-3-8-7(5)6;1-2-7-4-3-6(1)5-7;;;;;;;;;;;;;/h7-10H,1-6H2;9-10H,1-8H2;2,5-7H,3-4H2,1H3;6-7H,1-5H2;6*1H3;;;;;;;/q;;-1;;6*-1;;;;;;;. The monoisotopic (exact) mass is 1210 g/mol. The molecule has 2 heterocycles. The fourth-order valence-corrected chi connectivity index (χ4v) is 10.5. The minimum atomic E-state index is 0. The summed E-state index contributed by atoms with van der Waals surface area (Å²) in [5.41, 5.74) is 0. The molecule has 275 valence electrons. The molecule has 0 spiro atoms. The molecular weight excluding hydrogens is 1130 g/mol. The van der Waals surface area contributed by atoms with Gasteiger partial charge in [-0.2, -0.15) is 0 Å². The van der Waals surface area contributed by atoms with E-state index in [9.17, 15) is 0 Å². The predicted octanol–water partition coefficient (Wildman–Crippen LogP) is 11.7. The Balaban J connectivity index is -0.0000000704. The molecule has 0 aromatic rings. The Bertz CT molecular complexity index is 646. The van der Waals surface area contributed by atoms with Crippen LogP contribution in [0.1, 0.15) is 129 Å². The molecular formula is C40H75O2Y7-7. The summed E-state index contributed by atoms with van der Waals surface area (Å²) in [4.78, 5) is 0. The van der Waals surface area contributed by atoms with Gasteiger partial charge in [0.1, 0.15) is 0 Å². The minimum Gasteiger partial charge on any atom is -0.410 e. The van der Waals surface area contributed by atoms with Crippen molar-refractivity contribution < 1.29 is 238 Å². The van der Waals surface area contributed by atoms with Crippen molar-refractivity contribution in [2.75, 3.05) is 13.2 Å². The van der Waals surface area contributed by atoms with Gasteiger partial charge < -0.3 is 54.0 Å². The predicted molar refractivity (Wildman–Crippen MR) is 187 cm³/mol. The van der Waals surface area contributed by atoms with E-state index in [1.807, 2.05) is 0 Å². The van der Waals surface area contributed by atoms with Gasteiger partial charge in [-0.25, -0.2) is 0 Å². The first-order chi connectivity index (χ1) is 17.7. The molecule has 7 radical (unpaired) electrons. The zero-order chi connectivity index (χ0) is 24.3. The molecule has 9 aliphatic rings. The molecule has 0 amide bonds. The fourth-order valence-electron chi connectivity index (χ4n) is 10.5. The summed E-state index contributed by atoms with van der Waals surface area (Å²) in [7, 11) is 0. The number of rotatable bonds is 0. The molecule has 49 heavy (non-hydrogen) atoms. The average Bonchev–Trinajstić information content (AvgIpc) is 3.77. The summed E-state index contributed by atoms with van der Waals surface area (Å²) in [6.45, 7) is 3.81. The van der Waals surface area contributed by atoms with E-state index in [1.54, 1.807) is 96.3 Å². The molecule has 9 heteroatoms. The van der Waals surface area contributed by atoms with Crippen molar-refractivity contribution in [1.82, 2.24) is 0 Å². The fraction of sp³-hybridized carbons (Fsp3) is 0.825. The summed E-state index contributed by atoms with van der Waals surface area (Å²) < 4.78 is 10.8. The van der Waals surface area contributed by atoms with E-state index in [2.05, 4.69) is 13.3 Å². The van der Waals surface area contributed by atoms with Crippen LogP contribution in [0.15, 0.2) is 0 Å². The van der Waals surface area contributed by atoms with Gasteiger partial charge in [-0.05, 0) is 92.0 Å². The Labute approximate surface area is 487 Å². The molecule has 0 N–H and O–H groups in total. The third-order valence-electron chi connectivity index (χ3n) is 12.5. The first-order valence-corrected chi connectivity index (χ1v) is 16.8. The summed E-state index contributed by atoms with van der Waals surface area (Å²) in [6, 6.07) is 0. The van der Waals surface area contributed by atoms with Crippen LogP contribution < -0.4 is 0 Å². The maximum Gasteiger partial charge on any atom is 0.0570 e. The van der Waals surface area contributed by atoms with Crippen molar-refractivity contribution in [2.24, 2.45) is 53.3 Å². The van der Waals surface area contributed by atoms with Crippen molar-refractivity contribution in [3.63, 3.8) is 0 Å². The van der Waals surface area contributed by atoms with Crippen molar-refractivity contribution in [2.45, 2.75) is 141 Å². The molecule has 9 rings (SSSR count).